The third-order valence-corrected chi connectivity index (χ3v) is 3.61. The summed E-state index contributed by atoms with van der Waals surface area (Å²) in [6.45, 7) is 2.05. The molecule has 0 aliphatic rings. The van der Waals surface area contributed by atoms with Crippen LogP contribution in [0.4, 0.5) is 5.82 Å². The van der Waals surface area contributed by atoms with Crippen LogP contribution in [0, 0.1) is 0 Å². The zero-order valence-corrected chi connectivity index (χ0v) is 12.4. The van der Waals surface area contributed by atoms with Crippen molar-refractivity contribution in [1.82, 2.24) is 19.5 Å². The number of imidazole rings is 1. The smallest absolute Gasteiger partial charge is 0.226 e. The second kappa shape index (κ2) is 5.21. The lowest BCUT2D eigenvalue weighted by molar-refractivity contribution is 0.414. The highest BCUT2D eigenvalue weighted by Gasteiger charge is 2.15. The van der Waals surface area contributed by atoms with Gasteiger partial charge in [0.05, 0.1) is 19.5 Å². The van der Waals surface area contributed by atoms with Crippen LogP contribution in [-0.4, -0.2) is 26.6 Å². The summed E-state index contributed by atoms with van der Waals surface area (Å²) in [6.07, 6.45) is 1.70. The number of nitrogens with zero attached hydrogens (tertiary/aromatic N) is 4. The Morgan fingerprint density at radius 3 is 2.62 bits per heavy atom. The zero-order valence-electron chi connectivity index (χ0n) is 11.6. The molecule has 0 aliphatic heterocycles. The Balaban J connectivity index is 2.06. The van der Waals surface area contributed by atoms with Crippen molar-refractivity contribution in [3.63, 3.8) is 0 Å². The van der Waals surface area contributed by atoms with Gasteiger partial charge in [-0.25, -0.2) is 4.98 Å². The van der Waals surface area contributed by atoms with E-state index in [1.54, 1.807) is 13.4 Å². The molecule has 108 valence electrons. The van der Waals surface area contributed by atoms with Gasteiger partial charge >= 0.3 is 0 Å². The maximum atomic E-state index is 5.88. The summed E-state index contributed by atoms with van der Waals surface area (Å²) in [7, 11) is 1.64. The second-order valence-corrected chi connectivity index (χ2v) is 4.99. The predicted molar refractivity (Wildman–Crippen MR) is 81.6 cm³/mol. The highest BCUT2D eigenvalue weighted by molar-refractivity contribution is 6.28. The van der Waals surface area contributed by atoms with Gasteiger partial charge in [-0.05, 0) is 36.2 Å². The summed E-state index contributed by atoms with van der Waals surface area (Å²) in [5, 5.41) is 0.115. The minimum atomic E-state index is 0.0336. The van der Waals surface area contributed by atoms with Crippen molar-refractivity contribution in [3.8, 4) is 5.75 Å². The van der Waals surface area contributed by atoms with E-state index in [0.717, 1.165) is 11.3 Å². The fourth-order valence-corrected chi connectivity index (χ4v) is 2.41. The molecule has 0 radical (unpaired) electrons. The molecule has 1 unspecified atom stereocenters. The lowest BCUT2D eigenvalue weighted by atomic mass is 10.1. The number of hydrogen-bond acceptors (Lipinski definition) is 5. The lowest BCUT2D eigenvalue weighted by Gasteiger charge is -2.14. The first-order chi connectivity index (χ1) is 10.1. The monoisotopic (exact) mass is 303 g/mol. The van der Waals surface area contributed by atoms with E-state index in [1.165, 1.54) is 0 Å². The first-order valence-electron chi connectivity index (χ1n) is 6.39. The Hall–Kier alpha value is -2.34. The van der Waals surface area contributed by atoms with Crippen LogP contribution in [0.3, 0.4) is 0 Å². The summed E-state index contributed by atoms with van der Waals surface area (Å²) in [5.41, 5.74) is 8.10. The molecule has 2 heterocycles. The Morgan fingerprint density at radius 1 is 1.24 bits per heavy atom. The quantitative estimate of drug-likeness (QED) is 0.753. The highest BCUT2D eigenvalue weighted by atomic mass is 35.5. The van der Waals surface area contributed by atoms with Crippen LogP contribution in [0.2, 0.25) is 5.28 Å². The molecule has 0 amide bonds. The number of nitrogens with two attached hydrogens (primary N) is 1. The van der Waals surface area contributed by atoms with E-state index in [-0.39, 0.29) is 17.1 Å². The number of hydrogen-bond donors (Lipinski definition) is 1. The van der Waals surface area contributed by atoms with Crippen molar-refractivity contribution >= 4 is 28.6 Å². The summed E-state index contributed by atoms with van der Waals surface area (Å²) in [4.78, 5) is 12.4. The fraction of sp³-hybridized carbons (Fsp3) is 0.214. The van der Waals surface area contributed by atoms with Crippen molar-refractivity contribution in [2.24, 2.45) is 0 Å². The number of fused-ring (bicyclic) bond motifs is 1. The normalized spacial score (nSPS) is 12.5. The number of nitrogen functional groups attached to an aromatic ring is 1. The van der Waals surface area contributed by atoms with Gasteiger partial charge in [-0.1, -0.05) is 12.1 Å². The number of benzene rings is 1. The number of aromatic nitrogens is 4. The van der Waals surface area contributed by atoms with Gasteiger partial charge in [-0.15, -0.1) is 0 Å². The van der Waals surface area contributed by atoms with Crippen molar-refractivity contribution < 1.29 is 4.74 Å². The molecule has 0 bridgehead atoms. The first-order valence-corrected chi connectivity index (χ1v) is 6.77. The Kier molecular flexibility index (Phi) is 3.39. The van der Waals surface area contributed by atoms with Crippen molar-refractivity contribution in [2.75, 3.05) is 12.8 Å². The average molecular weight is 304 g/mol. The van der Waals surface area contributed by atoms with Gasteiger partial charge in [0, 0.05) is 0 Å². The van der Waals surface area contributed by atoms with Crippen molar-refractivity contribution in [2.45, 2.75) is 13.0 Å². The highest BCUT2D eigenvalue weighted by Crippen LogP contribution is 2.26. The van der Waals surface area contributed by atoms with E-state index in [9.17, 15) is 0 Å². The largest absolute Gasteiger partial charge is 0.497 e. The molecule has 21 heavy (non-hydrogen) atoms. The van der Waals surface area contributed by atoms with Crippen LogP contribution in [0.1, 0.15) is 18.5 Å². The molecule has 7 heteroatoms. The predicted octanol–water partition coefficient (Wildman–Crippen LogP) is 2.68. The van der Waals surface area contributed by atoms with Crippen LogP contribution >= 0.6 is 11.6 Å². The molecule has 3 rings (SSSR count). The zero-order chi connectivity index (χ0) is 15.0. The molecule has 0 saturated heterocycles. The van der Waals surface area contributed by atoms with Crippen LogP contribution in [0.5, 0.6) is 5.75 Å². The molecule has 2 N–H and O–H groups in total. The van der Waals surface area contributed by atoms with Gasteiger partial charge in [-0.3, -0.25) is 0 Å². The summed E-state index contributed by atoms with van der Waals surface area (Å²) < 4.78 is 7.09. The maximum absolute atomic E-state index is 5.88. The number of ether oxygens (including phenoxy) is 1. The molecule has 1 aromatic carbocycles. The SMILES string of the molecule is COc1ccc(C(C)n2cnc3c(N)nc(Cl)nc32)cc1. The lowest BCUT2D eigenvalue weighted by Crippen LogP contribution is -2.07. The van der Waals surface area contributed by atoms with Gasteiger partial charge in [0.2, 0.25) is 5.28 Å². The van der Waals surface area contributed by atoms with Gasteiger partial charge in [0.15, 0.2) is 11.5 Å². The summed E-state index contributed by atoms with van der Waals surface area (Å²) in [5.74, 6) is 1.10. The van der Waals surface area contributed by atoms with E-state index in [4.69, 9.17) is 22.1 Å². The number of halogens is 1. The topological polar surface area (TPSA) is 78.9 Å². The Bertz CT molecular complexity index is 784. The molecule has 0 spiro atoms. The third-order valence-electron chi connectivity index (χ3n) is 3.44. The molecule has 0 saturated carbocycles. The molecular formula is C14H14ClN5O. The van der Waals surface area contributed by atoms with Crippen LogP contribution in [0.15, 0.2) is 30.6 Å². The van der Waals surface area contributed by atoms with Crippen LogP contribution in [0.25, 0.3) is 11.2 Å². The van der Waals surface area contributed by atoms with Crippen LogP contribution in [-0.2, 0) is 0 Å². The first kappa shape index (κ1) is 13.6. The van der Waals surface area contributed by atoms with E-state index in [1.807, 2.05) is 28.8 Å². The van der Waals surface area contributed by atoms with Gasteiger partial charge < -0.3 is 15.0 Å². The average Bonchev–Trinajstić information content (AvgIpc) is 2.90. The van der Waals surface area contributed by atoms with E-state index in [2.05, 4.69) is 21.9 Å². The van der Waals surface area contributed by atoms with E-state index in [0.29, 0.717) is 11.2 Å². The summed E-state index contributed by atoms with van der Waals surface area (Å²) in [6, 6.07) is 7.87. The molecule has 2 aromatic heterocycles. The van der Waals surface area contributed by atoms with E-state index >= 15 is 0 Å². The minimum absolute atomic E-state index is 0.0336. The van der Waals surface area contributed by atoms with Gasteiger partial charge in [0.25, 0.3) is 0 Å². The van der Waals surface area contributed by atoms with Crippen LogP contribution < -0.4 is 10.5 Å². The third kappa shape index (κ3) is 2.38. The summed E-state index contributed by atoms with van der Waals surface area (Å²) >= 11 is 5.88. The minimum Gasteiger partial charge on any atom is -0.497 e. The second-order valence-electron chi connectivity index (χ2n) is 4.65. The molecular weight excluding hydrogens is 290 g/mol. The van der Waals surface area contributed by atoms with Crippen molar-refractivity contribution in [3.05, 3.63) is 41.4 Å². The maximum Gasteiger partial charge on any atom is 0.226 e. The fourth-order valence-electron chi connectivity index (χ4n) is 2.24. The number of rotatable bonds is 3. The Morgan fingerprint density at radius 2 is 1.95 bits per heavy atom. The molecule has 0 fully saturated rings. The Labute approximate surface area is 126 Å². The molecule has 1 atom stereocenters. The van der Waals surface area contributed by atoms with Gasteiger partial charge in [0.1, 0.15) is 11.3 Å². The molecule has 3 aromatic rings. The van der Waals surface area contributed by atoms with Crippen molar-refractivity contribution in [1.29, 1.82) is 0 Å². The molecule has 6 nitrogen and oxygen atoms in total. The standard InChI is InChI=1S/C14H14ClN5O/c1-8(9-3-5-10(21-2)6-4-9)20-7-17-11-12(16)18-14(15)19-13(11)20/h3-8H,1-2H3,(H2,16,18,19). The van der Waals surface area contributed by atoms with E-state index < -0.39 is 0 Å². The number of methoxy groups -OCH3 is 1. The van der Waals surface area contributed by atoms with Gasteiger partial charge in [-0.2, -0.15) is 9.97 Å². The number of anilines is 1. The molecule has 0 aliphatic carbocycles.